The second kappa shape index (κ2) is 5.18. The SMILES string of the molecule is CSc1ncc(C(=O)O)c(-c2ccccc2C)n1. The van der Waals surface area contributed by atoms with Gasteiger partial charge in [-0.15, -0.1) is 0 Å². The minimum Gasteiger partial charge on any atom is -0.478 e. The molecule has 0 radical (unpaired) electrons. The molecule has 0 aliphatic heterocycles. The molecule has 0 atom stereocenters. The monoisotopic (exact) mass is 260 g/mol. The Bertz CT molecular complexity index is 599. The highest BCUT2D eigenvalue weighted by atomic mass is 32.2. The second-order valence-corrected chi connectivity index (χ2v) is 4.51. The van der Waals surface area contributed by atoms with Crippen LogP contribution < -0.4 is 0 Å². The van der Waals surface area contributed by atoms with Crippen molar-refractivity contribution in [3.63, 3.8) is 0 Å². The molecule has 4 nitrogen and oxygen atoms in total. The first-order chi connectivity index (χ1) is 8.63. The van der Waals surface area contributed by atoms with Crippen LogP contribution in [0.5, 0.6) is 0 Å². The van der Waals surface area contributed by atoms with Crippen LogP contribution >= 0.6 is 11.8 Å². The van der Waals surface area contributed by atoms with Crippen LogP contribution in [0.25, 0.3) is 11.3 Å². The van der Waals surface area contributed by atoms with Gasteiger partial charge in [-0.2, -0.15) is 0 Å². The smallest absolute Gasteiger partial charge is 0.339 e. The van der Waals surface area contributed by atoms with Crippen LogP contribution in [-0.4, -0.2) is 27.3 Å². The number of nitrogens with zero attached hydrogens (tertiary/aromatic N) is 2. The fourth-order valence-corrected chi connectivity index (χ4v) is 2.01. The van der Waals surface area contributed by atoms with Gasteiger partial charge in [-0.05, 0) is 18.7 Å². The summed E-state index contributed by atoms with van der Waals surface area (Å²) in [7, 11) is 0. The number of carbonyl (C=O) groups is 1. The number of aromatic nitrogens is 2. The second-order valence-electron chi connectivity index (χ2n) is 3.74. The lowest BCUT2D eigenvalue weighted by Crippen LogP contribution is -2.04. The number of hydrogen-bond acceptors (Lipinski definition) is 4. The van der Waals surface area contributed by atoms with Crippen LogP contribution in [0.15, 0.2) is 35.6 Å². The molecule has 0 unspecified atom stereocenters. The molecule has 0 aliphatic carbocycles. The molecule has 92 valence electrons. The lowest BCUT2D eigenvalue weighted by atomic mass is 10.0. The summed E-state index contributed by atoms with van der Waals surface area (Å²) in [5, 5.41) is 9.76. The van der Waals surface area contributed by atoms with E-state index in [4.69, 9.17) is 0 Å². The predicted octanol–water partition coefficient (Wildman–Crippen LogP) is 2.87. The van der Waals surface area contributed by atoms with Gasteiger partial charge in [0.1, 0.15) is 5.56 Å². The zero-order valence-corrected chi connectivity index (χ0v) is 10.9. The number of aryl methyl sites for hydroxylation is 1. The first kappa shape index (κ1) is 12.6. The van der Waals surface area contributed by atoms with Crippen molar-refractivity contribution in [1.82, 2.24) is 9.97 Å². The maximum absolute atomic E-state index is 11.2. The number of carboxylic acids is 1. The zero-order chi connectivity index (χ0) is 13.1. The van der Waals surface area contributed by atoms with Crippen molar-refractivity contribution in [3.8, 4) is 11.3 Å². The lowest BCUT2D eigenvalue weighted by Gasteiger charge is -2.08. The normalized spacial score (nSPS) is 10.3. The lowest BCUT2D eigenvalue weighted by molar-refractivity contribution is 0.0696. The molecule has 1 N–H and O–H groups in total. The summed E-state index contributed by atoms with van der Waals surface area (Å²) < 4.78 is 0. The van der Waals surface area contributed by atoms with Crippen molar-refractivity contribution in [2.75, 3.05) is 6.26 Å². The summed E-state index contributed by atoms with van der Waals surface area (Å²) in [6, 6.07) is 7.58. The van der Waals surface area contributed by atoms with E-state index in [1.54, 1.807) is 0 Å². The largest absolute Gasteiger partial charge is 0.478 e. The van der Waals surface area contributed by atoms with Gasteiger partial charge in [0.2, 0.25) is 0 Å². The molecule has 18 heavy (non-hydrogen) atoms. The molecular formula is C13H12N2O2S. The Morgan fingerprint density at radius 1 is 1.33 bits per heavy atom. The summed E-state index contributed by atoms with van der Waals surface area (Å²) in [6.07, 6.45) is 3.22. The Morgan fingerprint density at radius 2 is 2.06 bits per heavy atom. The standard InChI is InChI=1S/C13H12N2O2S/c1-8-5-3-4-6-9(8)11-10(12(16)17)7-14-13(15-11)18-2/h3-7H,1-2H3,(H,16,17). The van der Waals surface area contributed by atoms with Crippen molar-refractivity contribution in [3.05, 3.63) is 41.6 Å². The van der Waals surface area contributed by atoms with Gasteiger partial charge in [0.05, 0.1) is 5.69 Å². The summed E-state index contributed by atoms with van der Waals surface area (Å²) in [4.78, 5) is 19.5. The molecule has 0 saturated carbocycles. The van der Waals surface area contributed by atoms with Crippen LogP contribution in [0.2, 0.25) is 0 Å². The third-order valence-electron chi connectivity index (χ3n) is 2.58. The Balaban J connectivity index is 2.68. The summed E-state index contributed by atoms with van der Waals surface area (Å²) in [5.41, 5.74) is 2.42. The first-order valence-corrected chi connectivity index (χ1v) is 6.56. The first-order valence-electron chi connectivity index (χ1n) is 5.34. The summed E-state index contributed by atoms with van der Waals surface area (Å²) in [6.45, 7) is 1.93. The Morgan fingerprint density at radius 3 is 2.67 bits per heavy atom. The van der Waals surface area contributed by atoms with Gasteiger partial charge in [0, 0.05) is 11.8 Å². The molecule has 2 aromatic rings. The summed E-state index contributed by atoms with van der Waals surface area (Å²) in [5.74, 6) is -1.01. The minimum atomic E-state index is -1.01. The van der Waals surface area contributed by atoms with E-state index in [0.29, 0.717) is 10.9 Å². The highest BCUT2D eigenvalue weighted by Crippen LogP contribution is 2.26. The molecule has 0 saturated heterocycles. The molecule has 0 amide bonds. The van der Waals surface area contributed by atoms with Crippen molar-refractivity contribution in [2.24, 2.45) is 0 Å². The van der Waals surface area contributed by atoms with E-state index in [1.165, 1.54) is 18.0 Å². The molecule has 0 aliphatic rings. The maximum Gasteiger partial charge on any atom is 0.339 e. The molecule has 1 aromatic heterocycles. The van der Waals surface area contributed by atoms with E-state index in [0.717, 1.165) is 11.1 Å². The third kappa shape index (κ3) is 2.36. The van der Waals surface area contributed by atoms with E-state index in [-0.39, 0.29) is 5.56 Å². The molecular weight excluding hydrogens is 248 g/mol. The van der Waals surface area contributed by atoms with Crippen molar-refractivity contribution < 1.29 is 9.90 Å². The molecule has 0 fully saturated rings. The predicted molar refractivity (Wildman–Crippen MR) is 70.9 cm³/mol. The van der Waals surface area contributed by atoms with Crippen molar-refractivity contribution in [2.45, 2.75) is 12.1 Å². The van der Waals surface area contributed by atoms with Crippen molar-refractivity contribution in [1.29, 1.82) is 0 Å². The van der Waals surface area contributed by atoms with Crippen LogP contribution in [0.1, 0.15) is 15.9 Å². The number of thioether (sulfide) groups is 1. The average molecular weight is 260 g/mol. The highest BCUT2D eigenvalue weighted by Gasteiger charge is 2.16. The average Bonchev–Trinajstić information content (AvgIpc) is 2.38. The number of benzene rings is 1. The molecule has 5 heteroatoms. The summed E-state index contributed by atoms with van der Waals surface area (Å²) >= 11 is 1.39. The van der Waals surface area contributed by atoms with E-state index in [2.05, 4.69) is 9.97 Å². The quantitative estimate of drug-likeness (QED) is 0.679. The van der Waals surface area contributed by atoms with Crippen LogP contribution in [0.3, 0.4) is 0 Å². The number of aromatic carboxylic acids is 1. The molecule has 1 heterocycles. The molecule has 0 bridgehead atoms. The topological polar surface area (TPSA) is 63.1 Å². The van der Waals surface area contributed by atoms with Crippen LogP contribution in [0.4, 0.5) is 0 Å². The Kier molecular flexibility index (Phi) is 3.62. The third-order valence-corrected chi connectivity index (χ3v) is 3.14. The van der Waals surface area contributed by atoms with Crippen LogP contribution in [0, 0.1) is 6.92 Å². The maximum atomic E-state index is 11.2. The highest BCUT2D eigenvalue weighted by molar-refractivity contribution is 7.98. The van der Waals surface area contributed by atoms with Gasteiger partial charge in [0.15, 0.2) is 5.16 Å². The van der Waals surface area contributed by atoms with Crippen molar-refractivity contribution >= 4 is 17.7 Å². The Hall–Kier alpha value is -1.88. The van der Waals surface area contributed by atoms with Crippen LogP contribution in [-0.2, 0) is 0 Å². The zero-order valence-electron chi connectivity index (χ0n) is 10.0. The van der Waals surface area contributed by atoms with Gasteiger partial charge >= 0.3 is 5.97 Å². The number of hydrogen-bond donors (Lipinski definition) is 1. The fraction of sp³-hybridized carbons (Fsp3) is 0.154. The van der Waals surface area contributed by atoms with Gasteiger partial charge in [-0.25, -0.2) is 14.8 Å². The van der Waals surface area contributed by atoms with Gasteiger partial charge in [0.25, 0.3) is 0 Å². The van der Waals surface area contributed by atoms with E-state index < -0.39 is 5.97 Å². The number of carboxylic acid groups (broad SMARTS) is 1. The van der Waals surface area contributed by atoms with E-state index >= 15 is 0 Å². The fourth-order valence-electron chi connectivity index (χ4n) is 1.66. The van der Waals surface area contributed by atoms with E-state index in [1.807, 2.05) is 37.4 Å². The van der Waals surface area contributed by atoms with Gasteiger partial charge in [-0.3, -0.25) is 0 Å². The number of rotatable bonds is 3. The molecule has 1 aromatic carbocycles. The minimum absolute atomic E-state index is 0.127. The van der Waals surface area contributed by atoms with Gasteiger partial charge in [-0.1, -0.05) is 36.0 Å². The Labute approximate surface area is 109 Å². The van der Waals surface area contributed by atoms with Gasteiger partial charge < -0.3 is 5.11 Å². The molecule has 0 spiro atoms. The molecule has 2 rings (SSSR count). The van der Waals surface area contributed by atoms with E-state index in [9.17, 15) is 9.90 Å².